The van der Waals surface area contributed by atoms with Gasteiger partial charge in [-0.2, -0.15) is 0 Å². The van der Waals surface area contributed by atoms with Crippen molar-refractivity contribution < 1.29 is 9.47 Å². The van der Waals surface area contributed by atoms with Crippen LogP contribution in [0, 0.1) is 0 Å². The molecule has 0 fully saturated rings. The Balaban J connectivity index is 1.70. The fourth-order valence-electron chi connectivity index (χ4n) is 3.20. The number of ether oxygens (including phenoxy) is 2. The van der Waals surface area contributed by atoms with E-state index in [0.29, 0.717) is 17.5 Å². The van der Waals surface area contributed by atoms with Crippen molar-refractivity contribution in [3.63, 3.8) is 0 Å². The molecule has 2 aromatic heterocycles. The van der Waals surface area contributed by atoms with Gasteiger partial charge in [-0.3, -0.25) is 0 Å². The van der Waals surface area contributed by atoms with Gasteiger partial charge in [0.15, 0.2) is 0 Å². The maximum Gasteiger partial charge on any atom is 0.246 e. The molecular weight excluding hydrogens is 314 g/mol. The number of methoxy groups -OCH3 is 1. The fourth-order valence-corrected chi connectivity index (χ4v) is 3.20. The monoisotopic (exact) mass is 333 g/mol. The predicted molar refractivity (Wildman–Crippen MR) is 95.0 cm³/mol. The van der Waals surface area contributed by atoms with Crippen molar-refractivity contribution in [2.75, 3.05) is 7.11 Å². The number of aromatic nitrogens is 3. The fraction of sp³-hybridized carbons (Fsp3) is 0.250. The third-order valence-electron chi connectivity index (χ3n) is 4.42. The van der Waals surface area contributed by atoms with Crippen molar-refractivity contribution in [3.05, 3.63) is 60.0 Å². The molecule has 5 nitrogen and oxygen atoms in total. The minimum Gasteiger partial charge on any atom is -0.481 e. The lowest BCUT2D eigenvalue weighted by atomic mass is 9.92. The van der Waals surface area contributed by atoms with Crippen molar-refractivity contribution in [3.8, 4) is 28.8 Å². The Morgan fingerprint density at radius 2 is 1.64 bits per heavy atom. The second kappa shape index (κ2) is 6.89. The number of fused-ring (bicyclic) bond motifs is 1. The molecule has 0 atom stereocenters. The summed E-state index contributed by atoms with van der Waals surface area (Å²) in [5.74, 6) is 1.73. The normalized spacial score (nSPS) is 13.2. The highest BCUT2D eigenvalue weighted by molar-refractivity contribution is 5.69. The van der Waals surface area contributed by atoms with Crippen LogP contribution in [0.3, 0.4) is 0 Å². The molecule has 1 aliphatic rings. The molecule has 4 rings (SSSR count). The Bertz CT molecular complexity index is 896. The van der Waals surface area contributed by atoms with Crippen molar-refractivity contribution in [1.29, 1.82) is 0 Å². The van der Waals surface area contributed by atoms with Gasteiger partial charge in [0, 0.05) is 18.6 Å². The zero-order valence-corrected chi connectivity index (χ0v) is 14.1. The van der Waals surface area contributed by atoms with Crippen LogP contribution in [0.1, 0.15) is 24.0 Å². The number of hydrogen-bond acceptors (Lipinski definition) is 5. The standard InChI is InChI=1S/C20H19N3O2/c1-24-19-17(7-4-10-22-19)18-20(23-12-11-21-18)25-16-9-8-14-5-2-3-6-15(14)13-16/h4,7-13H,2-3,5-6H2,1H3. The van der Waals surface area contributed by atoms with Crippen LogP contribution in [0.5, 0.6) is 17.5 Å². The van der Waals surface area contributed by atoms with E-state index in [1.807, 2.05) is 18.2 Å². The predicted octanol–water partition coefficient (Wildman–Crippen LogP) is 4.22. The molecule has 1 aliphatic carbocycles. The van der Waals surface area contributed by atoms with Crippen molar-refractivity contribution in [1.82, 2.24) is 15.0 Å². The molecule has 25 heavy (non-hydrogen) atoms. The van der Waals surface area contributed by atoms with Gasteiger partial charge in [-0.25, -0.2) is 15.0 Å². The van der Waals surface area contributed by atoms with Gasteiger partial charge in [0.25, 0.3) is 0 Å². The smallest absolute Gasteiger partial charge is 0.246 e. The lowest BCUT2D eigenvalue weighted by Gasteiger charge is -2.17. The largest absolute Gasteiger partial charge is 0.481 e. The summed E-state index contributed by atoms with van der Waals surface area (Å²) in [7, 11) is 1.59. The number of benzene rings is 1. The minimum atomic E-state index is 0.449. The topological polar surface area (TPSA) is 57.1 Å². The molecule has 5 heteroatoms. The molecule has 0 spiro atoms. The average molecular weight is 333 g/mol. The van der Waals surface area contributed by atoms with E-state index in [0.717, 1.165) is 24.2 Å². The lowest BCUT2D eigenvalue weighted by Crippen LogP contribution is -2.03. The Morgan fingerprint density at radius 1 is 0.840 bits per heavy atom. The van der Waals surface area contributed by atoms with Crippen LogP contribution in [-0.4, -0.2) is 22.1 Å². The van der Waals surface area contributed by atoms with Crippen LogP contribution < -0.4 is 9.47 Å². The maximum atomic E-state index is 6.07. The third-order valence-corrected chi connectivity index (χ3v) is 4.42. The number of aryl methyl sites for hydroxylation is 2. The first kappa shape index (κ1) is 15.6. The van der Waals surface area contributed by atoms with E-state index in [4.69, 9.17) is 9.47 Å². The Hall–Kier alpha value is -2.95. The quantitative estimate of drug-likeness (QED) is 0.715. The Labute approximate surface area is 146 Å². The summed E-state index contributed by atoms with van der Waals surface area (Å²) in [5, 5.41) is 0. The van der Waals surface area contributed by atoms with E-state index in [-0.39, 0.29) is 0 Å². The zero-order valence-electron chi connectivity index (χ0n) is 14.1. The molecule has 0 saturated heterocycles. The molecule has 2 heterocycles. The van der Waals surface area contributed by atoms with Gasteiger partial charge in [0.2, 0.25) is 11.8 Å². The van der Waals surface area contributed by atoms with Crippen LogP contribution in [0.4, 0.5) is 0 Å². The molecule has 0 radical (unpaired) electrons. The van der Waals surface area contributed by atoms with E-state index in [9.17, 15) is 0 Å². The maximum absolute atomic E-state index is 6.07. The summed E-state index contributed by atoms with van der Waals surface area (Å²) in [6, 6.07) is 10.0. The number of rotatable bonds is 4. The summed E-state index contributed by atoms with van der Waals surface area (Å²) in [6.07, 6.45) is 9.71. The number of pyridine rings is 1. The highest BCUT2D eigenvalue weighted by Crippen LogP contribution is 2.35. The van der Waals surface area contributed by atoms with Gasteiger partial charge in [-0.05, 0) is 61.1 Å². The van der Waals surface area contributed by atoms with Crippen LogP contribution in [0.2, 0.25) is 0 Å². The Kier molecular flexibility index (Phi) is 4.29. The minimum absolute atomic E-state index is 0.449. The van der Waals surface area contributed by atoms with Gasteiger partial charge in [-0.15, -0.1) is 0 Å². The third kappa shape index (κ3) is 3.18. The Morgan fingerprint density at radius 3 is 2.52 bits per heavy atom. The SMILES string of the molecule is COc1ncccc1-c1nccnc1Oc1ccc2c(c1)CCCC2. The van der Waals surface area contributed by atoms with Gasteiger partial charge in [0.05, 0.1) is 12.7 Å². The van der Waals surface area contributed by atoms with E-state index < -0.39 is 0 Å². The molecule has 3 aromatic rings. The highest BCUT2D eigenvalue weighted by atomic mass is 16.5. The summed E-state index contributed by atoms with van der Waals surface area (Å²) in [5.41, 5.74) is 4.16. The molecule has 0 N–H and O–H groups in total. The summed E-state index contributed by atoms with van der Waals surface area (Å²) in [4.78, 5) is 13.0. The first-order valence-corrected chi connectivity index (χ1v) is 8.45. The van der Waals surface area contributed by atoms with Crippen LogP contribution in [0.25, 0.3) is 11.3 Å². The molecule has 0 saturated carbocycles. The number of nitrogens with zero attached hydrogens (tertiary/aromatic N) is 3. The molecule has 0 bridgehead atoms. The van der Waals surface area contributed by atoms with Gasteiger partial charge in [0.1, 0.15) is 11.4 Å². The lowest BCUT2D eigenvalue weighted by molar-refractivity contribution is 0.398. The van der Waals surface area contributed by atoms with Gasteiger partial charge >= 0.3 is 0 Å². The van der Waals surface area contributed by atoms with E-state index in [1.165, 1.54) is 24.0 Å². The highest BCUT2D eigenvalue weighted by Gasteiger charge is 2.16. The molecule has 1 aromatic carbocycles. The average Bonchev–Trinajstić information content (AvgIpc) is 2.68. The van der Waals surface area contributed by atoms with Crippen LogP contribution in [-0.2, 0) is 12.8 Å². The summed E-state index contributed by atoms with van der Waals surface area (Å²) >= 11 is 0. The summed E-state index contributed by atoms with van der Waals surface area (Å²) < 4.78 is 11.4. The van der Waals surface area contributed by atoms with Crippen LogP contribution >= 0.6 is 0 Å². The van der Waals surface area contributed by atoms with E-state index >= 15 is 0 Å². The zero-order chi connectivity index (χ0) is 17.1. The van der Waals surface area contributed by atoms with Crippen molar-refractivity contribution in [2.45, 2.75) is 25.7 Å². The van der Waals surface area contributed by atoms with Crippen LogP contribution in [0.15, 0.2) is 48.9 Å². The first-order valence-electron chi connectivity index (χ1n) is 8.45. The second-order valence-electron chi connectivity index (χ2n) is 6.01. The van der Waals surface area contributed by atoms with Crippen molar-refractivity contribution >= 4 is 0 Å². The molecular formula is C20H19N3O2. The molecule has 0 aliphatic heterocycles. The first-order chi connectivity index (χ1) is 12.3. The molecule has 0 unspecified atom stereocenters. The van der Waals surface area contributed by atoms with Crippen molar-refractivity contribution in [2.24, 2.45) is 0 Å². The summed E-state index contributed by atoms with van der Waals surface area (Å²) in [6.45, 7) is 0. The van der Waals surface area contributed by atoms with Gasteiger partial charge in [-0.1, -0.05) is 6.07 Å². The van der Waals surface area contributed by atoms with E-state index in [2.05, 4.69) is 27.1 Å². The molecule has 0 amide bonds. The molecule has 126 valence electrons. The van der Waals surface area contributed by atoms with Gasteiger partial charge < -0.3 is 9.47 Å². The second-order valence-corrected chi connectivity index (χ2v) is 6.01. The number of hydrogen-bond donors (Lipinski definition) is 0. The van der Waals surface area contributed by atoms with E-state index in [1.54, 1.807) is 25.7 Å².